The third kappa shape index (κ3) is 55.8. The van der Waals surface area contributed by atoms with Gasteiger partial charge in [-0.2, -0.15) is 0 Å². The Labute approximate surface area is 554 Å². The highest BCUT2D eigenvalue weighted by Gasteiger charge is 2.44. The number of ether oxygens (including phenoxy) is 3. The van der Waals surface area contributed by atoms with Gasteiger partial charge in [-0.05, 0) is 89.9 Å². The van der Waals surface area contributed by atoms with E-state index in [1.165, 1.54) is 270 Å². The van der Waals surface area contributed by atoms with E-state index >= 15 is 0 Å². The minimum atomic E-state index is -1.58. The first-order valence-electron chi connectivity index (χ1n) is 38.6. The summed E-state index contributed by atoms with van der Waals surface area (Å²) in [5.74, 6) is -0.180. The Hall–Kier alpha value is -2.64. The molecule has 90 heavy (non-hydrogen) atoms. The van der Waals surface area contributed by atoms with Crippen LogP contribution in [-0.4, -0.2) is 100 Å². The summed E-state index contributed by atoms with van der Waals surface area (Å²) >= 11 is 0. The molecule has 0 aromatic heterocycles. The minimum absolute atomic E-state index is 0.0131. The van der Waals surface area contributed by atoms with E-state index in [1.54, 1.807) is 6.08 Å². The Bertz CT molecular complexity index is 1680. The van der Waals surface area contributed by atoms with Crippen molar-refractivity contribution in [2.45, 2.75) is 410 Å². The lowest BCUT2D eigenvalue weighted by molar-refractivity contribution is -0.302. The van der Waals surface area contributed by atoms with Crippen molar-refractivity contribution in [3.8, 4) is 0 Å². The predicted octanol–water partition coefficient (Wildman–Crippen LogP) is 20.5. The second kappa shape index (κ2) is 67.8. The maximum absolute atomic E-state index is 13.1. The Kier molecular flexibility index (Phi) is 64.3. The van der Waals surface area contributed by atoms with Crippen molar-refractivity contribution >= 4 is 11.9 Å². The molecule has 0 aromatic rings. The highest BCUT2D eigenvalue weighted by atomic mass is 16.7. The third-order valence-electron chi connectivity index (χ3n) is 18.1. The Morgan fingerprint density at radius 3 is 1.19 bits per heavy atom. The second-order valence-corrected chi connectivity index (χ2v) is 26.7. The molecule has 526 valence electrons. The van der Waals surface area contributed by atoms with Gasteiger partial charge in [0.2, 0.25) is 5.91 Å². The number of carbonyl (C=O) groups is 2. The number of amides is 1. The van der Waals surface area contributed by atoms with Gasteiger partial charge in [0.05, 0.1) is 32.0 Å². The lowest BCUT2D eigenvalue weighted by Crippen LogP contribution is -2.60. The number of esters is 1. The molecule has 7 unspecified atom stereocenters. The molecule has 1 aliphatic heterocycles. The number of carbonyl (C=O) groups excluding carboxylic acids is 2. The predicted molar refractivity (Wildman–Crippen MR) is 380 cm³/mol. The van der Waals surface area contributed by atoms with Crippen molar-refractivity contribution in [2.24, 2.45) is 0 Å². The number of nitrogens with one attached hydrogen (secondary N) is 1. The van der Waals surface area contributed by atoms with Gasteiger partial charge in [-0.15, -0.1) is 0 Å². The highest BCUT2D eigenvalue weighted by molar-refractivity contribution is 5.76. The molecule has 0 bridgehead atoms. The van der Waals surface area contributed by atoms with Crippen LogP contribution in [0.2, 0.25) is 0 Å². The van der Waals surface area contributed by atoms with Crippen molar-refractivity contribution in [3.05, 3.63) is 60.8 Å². The normalized spacial score (nSPS) is 18.0. The first kappa shape index (κ1) is 85.4. The summed E-state index contributed by atoms with van der Waals surface area (Å²) in [5, 5.41) is 54.5. The quantitative estimate of drug-likeness (QED) is 0.0195. The van der Waals surface area contributed by atoms with Gasteiger partial charge in [0.15, 0.2) is 6.29 Å². The summed E-state index contributed by atoms with van der Waals surface area (Å²) < 4.78 is 16.7. The van der Waals surface area contributed by atoms with Crippen LogP contribution in [0.25, 0.3) is 0 Å². The average molecular weight is 1270 g/mol. The molecular formula is C79H145NO10. The van der Waals surface area contributed by atoms with E-state index < -0.39 is 49.5 Å². The molecule has 0 saturated carbocycles. The maximum atomic E-state index is 13.1. The molecule has 11 heteroatoms. The van der Waals surface area contributed by atoms with Crippen molar-refractivity contribution in [1.29, 1.82) is 0 Å². The number of aliphatic hydroxyl groups excluding tert-OH is 5. The van der Waals surface area contributed by atoms with E-state index in [1.807, 2.05) is 6.08 Å². The molecular weight excluding hydrogens is 1120 g/mol. The first-order chi connectivity index (χ1) is 44.2. The van der Waals surface area contributed by atoms with Crippen molar-refractivity contribution in [1.82, 2.24) is 5.32 Å². The SMILES string of the molecule is CCCCC/C=C/CC/C=C/CC/C=C/C(O)C(COC1OC(CO)C(O)C(O)C1O)NC(=O)CCCCCCCCCCCCCCCCCCC/C=C\C/C=C\CCCCCCCCCCCCCCCOC(=O)CCCCCCCCCCCCCC. The van der Waals surface area contributed by atoms with Crippen LogP contribution in [-0.2, 0) is 23.8 Å². The number of allylic oxidation sites excluding steroid dienone is 9. The van der Waals surface area contributed by atoms with Crippen LogP contribution >= 0.6 is 0 Å². The first-order valence-corrected chi connectivity index (χ1v) is 38.6. The fraction of sp³-hybridized carbons (Fsp3) is 0.848. The molecule has 0 aliphatic carbocycles. The zero-order valence-electron chi connectivity index (χ0n) is 58.6. The Morgan fingerprint density at radius 2 is 0.756 bits per heavy atom. The molecule has 0 radical (unpaired) electrons. The molecule has 1 rings (SSSR count). The number of hydrogen-bond donors (Lipinski definition) is 6. The number of rotatable bonds is 68. The lowest BCUT2D eigenvalue weighted by Gasteiger charge is -2.40. The molecule has 1 aliphatic rings. The van der Waals surface area contributed by atoms with E-state index in [9.17, 15) is 35.1 Å². The van der Waals surface area contributed by atoms with Gasteiger partial charge in [0.25, 0.3) is 0 Å². The molecule has 0 aromatic carbocycles. The van der Waals surface area contributed by atoms with Gasteiger partial charge in [0.1, 0.15) is 24.4 Å². The van der Waals surface area contributed by atoms with Crippen molar-refractivity contribution < 1.29 is 49.3 Å². The van der Waals surface area contributed by atoms with Crippen molar-refractivity contribution in [2.75, 3.05) is 19.8 Å². The van der Waals surface area contributed by atoms with Gasteiger partial charge in [-0.25, -0.2) is 0 Å². The molecule has 1 amide bonds. The van der Waals surface area contributed by atoms with Crippen LogP contribution in [0.3, 0.4) is 0 Å². The number of aliphatic hydroxyl groups is 5. The van der Waals surface area contributed by atoms with E-state index in [2.05, 4.69) is 67.8 Å². The van der Waals surface area contributed by atoms with Crippen LogP contribution in [0.5, 0.6) is 0 Å². The fourth-order valence-corrected chi connectivity index (χ4v) is 12.0. The summed E-state index contributed by atoms with van der Waals surface area (Å²) in [6.07, 6.45) is 81.0. The largest absolute Gasteiger partial charge is 0.466 e. The Balaban J connectivity index is 1.93. The minimum Gasteiger partial charge on any atom is -0.466 e. The van der Waals surface area contributed by atoms with E-state index in [0.717, 1.165) is 70.6 Å². The van der Waals surface area contributed by atoms with Gasteiger partial charge in [-0.1, -0.05) is 325 Å². The van der Waals surface area contributed by atoms with E-state index in [4.69, 9.17) is 14.2 Å². The topological polar surface area (TPSA) is 175 Å². The summed E-state index contributed by atoms with van der Waals surface area (Å²) in [7, 11) is 0. The zero-order valence-corrected chi connectivity index (χ0v) is 58.6. The van der Waals surface area contributed by atoms with Gasteiger partial charge in [0, 0.05) is 12.8 Å². The molecule has 1 heterocycles. The van der Waals surface area contributed by atoms with Crippen LogP contribution in [0, 0.1) is 0 Å². The van der Waals surface area contributed by atoms with Crippen LogP contribution < -0.4 is 5.32 Å². The smallest absolute Gasteiger partial charge is 0.305 e. The molecule has 1 fully saturated rings. The highest BCUT2D eigenvalue weighted by Crippen LogP contribution is 2.23. The fourth-order valence-electron chi connectivity index (χ4n) is 12.0. The van der Waals surface area contributed by atoms with Crippen molar-refractivity contribution in [3.63, 3.8) is 0 Å². The van der Waals surface area contributed by atoms with Crippen LogP contribution in [0.15, 0.2) is 60.8 Å². The summed E-state index contributed by atoms with van der Waals surface area (Å²) in [4.78, 5) is 25.1. The van der Waals surface area contributed by atoms with E-state index in [-0.39, 0.29) is 18.5 Å². The third-order valence-corrected chi connectivity index (χ3v) is 18.1. The number of unbranched alkanes of at least 4 members (excludes halogenated alkanes) is 46. The molecule has 6 N–H and O–H groups in total. The summed E-state index contributed by atoms with van der Waals surface area (Å²) in [6, 6.07) is -0.833. The molecule has 11 nitrogen and oxygen atoms in total. The molecule has 7 atom stereocenters. The molecule has 0 spiro atoms. The molecule has 1 saturated heterocycles. The van der Waals surface area contributed by atoms with Gasteiger partial charge >= 0.3 is 5.97 Å². The standard InChI is InChI=1S/C79H145NO10/c1-3-5-7-9-11-13-15-42-45-49-53-57-61-65-72(82)71(70-89-79-78(87)77(86)76(85)73(69-81)90-79)80-74(83)66-62-58-54-50-46-43-40-38-36-34-32-30-28-26-24-22-20-18-17-19-21-23-25-27-29-31-33-35-37-39-41-44-48-52-56-60-64-68-88-75(84)67-63-59-55-51-47-16-14-12-10-8-6-4-2/h11,13,17,19,23,25,45,49,61,65,71-73,76-79,81-82,85-87H,3-10,12,14-16,18,20-22,24,26-44,46-48,50-60,62-64,66-70H2,1-2H3,(H,80,83)/b13-11+,19-17-,25-23-,49-45+,65-61+. The monoisotopic (exact) mass is 1270 g/mol. The number of hydrogen-bond acceptors (Lipinski definition) is 10. The maximum Gasteiger partial charge on any atom is 0.305 e. The second-order valence-electron chi connectivity index (χ2n) is 26.7. The van der Waals surface area contributed by atoms with Gasteiger partial charge in [-0.3, -0.25) is 9.59 Å². The van der Waals surface area contributed by atoms with E-state index in [0.29, 0.717) is 19.4 Å². The average Bonchev–Trinajstić information content (AvgIpc) is 2.71. The Morgan fingerprint density at radius 1 is 0.411 bits per heavy atom. The lowest BCUT2D eigenvalue weighted by atomic mass is 9.99. The van der Waals surface area contributed by atoms with Crippen LogP contribution in [0.4, 0.5) is 0 Å². The van der Waals surface area contributed by atoms with Crippen LogP contribution in [0.1, 0.15) is 367 Å². The summed E-state index contributed by atoms with van der Waals surface area (Å²) in [6.45, 7) is 4.33. The van der Waals surface area contributed by atoms with Gasteiger partial charge < -0.3 is 45.1 Å². The summed E-state index contributed by atoms with van der Waals surface area (Å²) in [5.41, 5.74) is 0. The zero-order chi connectivity index (χ0) is 65.1.